The lowest BCUT2D eigenvalue weighted by molar-refractivity contribution is -0.161. The highest BCUT2D eigenvalue weighted by Gasteiger charge is 2.63. The molecule has 3 aliphatic rings. The van der Waals surface area contributed by atoms with Crippen LogP contribution in [-0.2, 0) is 19.1 Å². The standard InChI is InChI=1S/C11H14O4S/c12-8(1-2-16)14-9-5-3-6-7(4-5)11(13)15-10(6)9/h5-7,9-10,16H,1-4H2/t5-,6?,7?,9?,10?/m1/s1. The van der Waals surface area contributed by atoms with E-state index in [0.29, 0.717) is 24.0 Å². The molecule has 3 rings (SSSR count). The third-order valence-corrected chi connectivity index (χ3v) is 4.22. The molecular weight excluding hydrogens is 228 g/mol. The van der Waals surface area contributed by atoms with Crippen molar-refractivity contribution >= 4 is 24.6 Å². The molecule has 2 saturated carbocycles. The summed E-state index contributed by atoms with van der Waals surface area (Å²) in [6.45, 7) is 0. The van der Waals surface area contributed by atoms with E-state index in [4.69, 9.17) is 9.47 Å². The zero-order chi connectivity index (χ0) is 11.3. The normalized spacial score (nSPS) is 43.6. The van der Waals surface area contributed by atoms with E-state index >= 15 is 0 Å². The van der Waals surface area contributed by atoms with Crippen molar-refractivity contribution in [3.63, 3.8) is 0 Å². The Balaban J connectivity index is 1.70. The maximum atomic E-state index is 11.5. The zero-order valence-electron chi connectivity index (χ0n) is 8.80. The summed E-state index contributed by atoms with van der Waals surface area (Å²) in [5.74, 6) is 0.876. The molecule has 0 spiro atoms. The molecule has 1 heterocycles. The number of carbonyl (C=O) groups excluding carboxylic acids is 2. The summed E-state index contributed by atoms with van der Waals surface area (Å²) in [5.41, 5.74) is 0. The number of carbonyl (C=O) groups is 2. The average molecular weight is 242 g/mol. The highest BCUT2D eigenvalue weighted by molar-refractivity contribution is 7.80. The highest BCUT2D eigenvalue weighted by atomic mass is 32.1. The lowest BCUT2D eigenvalue weighted by atomic mass is 9.88. The summed E-state index contributed by atoms with van der Waals surface area (Å²) in [4.78, 5) is 22.9. The Hall–Kier alpha value is -0.710. The molecule has 0 radical (unpaired) electrons. The van der Waals surface area contributed by atoms with Gasteiger partial charge in [-0.05, 0) is 12.8 Å². The first kappa shape index (κ1) is 10.4. The predicted octanol–water partition coefficient (Wildman–Crippen LogP) is 0.799. The van der Waals surface area contributed by atoms with E-state index in [0.717, 1.165) is 12.8 Å². The van der Waals surface area contributed by atoms with Crippen LogP contribution in [0.1, 0.15) is 19.3 Å². The van der Waals surface area contributed by atoms with Crippen LogP contribution in [0, 0.1) is 17.8 Å². The molecule has 0 aromatic carbocycles. The van der Waals surface area contributed by atoms with Crippen LogP contribution in [0.25, 0.3) is 0 Å². The first-order chi connectivity index (χ1) is 7.70. The molecule has 1 aliphatic heterocycles. The smallest absolute Gasteiger partial charge is 0.309 e. The third-order valence-electron chi connectivity index (χ3n) is 4.00. The van der Waals surface area contributed by atoms with Crippen LogP contribution < -0.4 is 0 Å². The molecule has 4 unspecified atom stereocenters. The molecule has 0 aromatic heterocycles. The van der Waals surface area contributed by atoms with E-state index in [9.17, 15) is 9.59 Å². The minimum Gasteiger partial charge on any atom is -0.458 e. The molecule has 4 nitrogen and oxygen atoms in total. The van der Waals surface area contributed by atoms with Crippen LogP contribution in [0.3, 0.4) is 0 Å². The van der Waals surface area contributed by atoms with Crippen molar-refractivity contribution in [1.82, 2.24) is 0 Å². The first-order valence-electron chi connectivity index (χ1n) is 5.71. The molecule has 5 atom stereocenters. The van der Waals surface area contributed by atoms with Gasteiger partial charge in [0.2, 0.25) is 0 Å². The molecule has 0 aromatic rings. The van der Waals surface area contributed by atoms with Gasteiger partial charge < -0.3 is 9.47 Å². The van der Waals surface area contributed by atoms with Crippen molar-refractivity contribution in [2.45, 2.75) is 31.5 Å². The fraction of sp³-hybridized carbons (Fsp3) is 0.818. The number of ether oxygens (including phenoxy) is 2. The minimum atomic E-state index is -0.230. The summed E-state index contributed by atoms with van der Waals surface area (Å²) in [6.07, 6.45) is 1.76. The molecule has 88 valence electrons. The van der Waals surface area contributed by atoms with E-state index < -0.39 is 0 Å². The van der Waals surface area contributed by atoms with Gasteiger partial charge in [-0.3, -0.25) is 9.59 Å². The Morgan fingerprint density at radius 2 is 2.31 bits per heavy atom. The number of esters is 2. The van der Waals surface area contributed by atoms with Crippen molar-refractivity contribution in [2.75, 3.05) is 5.75 Å². The van der Waals surface area contributed by atoms with Gasteiger partial charge in [0, 0.05) is 17.6 Å². The average Bonchev–Trinajstić information content (AvgIpc) is 2.82. The van der Waals surface area contributed by atoms with Crippen LogP contribution in [0.5, 0.6) is 0 Å². The van der Waals surface area contributed by atoms with Gasteiger partial charge in [-0.15, -0.1) is 0 Å². The second-order valence-electron chi connectivity index (χ2n) is 4.83. The van der Waals surface area contributed by atoms with Crippen LogP contribution in [-0.4, -0.2) is 29.9 Å². The number of fused-ring (bicyclic) bond motifs is 1. The first-order valence-corrected chi connectivity index (χ1v) is 6.35. The lowest BCUT2D eigenvalue weighted by Crippen LogP contribution is -2.36. The van der Waals surface area contributed by atoms with Gasteiger partial charge in [-0.25, -0.2) is 0 Å². The maximum Gasteiger partial charge on any atom is 0.309 e. The predicted molar refractivity (Wildman–Crippen MR) is 57.9 cm³/mol. The highest BCUT2D eigenvalue weighted by Crippen LogP contribution is 2.55. The van der Waals surface area contributed by atoms with Crippen LogP contribution in [0.4, 0.5) is 0 Å². The molecule has 3 fully saturated rings. The van der Waals surface area contributed by atoms with Gasteiger partial charge in [0.1, 0.15) is 12.2 Å². The second-order valence-corrected chi connectivity index (χ2v) is 5.28. The quantitative estimate of drug-likeness (QED) is 0.587. The van der Waals surface area contributed by atoms with Gasteiger partial charge in [-0.2, -0.15) is 12.6 Å². The van der Waals surface area contributed by atoms with Crippen LogP contribution in [0.2, 0.25) is 0 Å². The lowest BCUT2D eigenvalue weighted by Gasteiger charge is -2.25. The molecule has 1 saturated heterocycles. The number of rotatable bonds is 3. The summed E-state index contributed by atoms with van der Waals surface area (Å²) >= 11 is 3.99. The molecule has 0 N–H and O–H groups in total. The van der Waals surface area contributed by atoms with Gasteiger partial charge in [0.15, 0.2) is 0 Å². The Morgan fingerprint density at radius 3 is 3.06 bits per heavy atom. The largest absolute Gasteiger partial charge is 0.458 e. The Labute approximate surface area is 99.1 Å². The summed E-state index contributed by atoms with van der Waals surface area (Å²) in [7, 11) is 0. The topological polar surface area (TPSA) is 52.6 Å². The van der Waals surface area contributed by atoms with Crippen molar-refractivity contribution < 1.29 is 19.1 Å². The minimum absolute atomic E-state index is 0.0785. The fourth-order valence-electron chi connectivity index (χ4n) is 3.37. The van der Waals surface area contributed by atoms with Gasteiger partial charge in [0.25, 0.3) is 0 Å². The Morgan fingerprint density at radius 1 is 1.50 bits per heavy atom. The summed E-state index contributed by atoms with van der Waals surface area (Å²) in [5, 5.41) is 0. The van der Waals surface area contributed by atoms with E-state index in [-0.39, 0.29) is 30.1 Å². The van der Waals surface area contributed by atoms with E-state index in [1.54, 1.807) is 0 Å². The molecule has 2 bridgehead atoms. The monoisotopic (exact) mass is 242 g/mol. The van der Waals surface area contributed by atoms with E-state index in [2.05, 4.69) is 12.6 Å². The fourth-order valence-corrected chi connectivity index (χ4v) is 3.55. The molecular formula is C11H14O4S. The maximum absolute atomic E-state index is 11.5. The van der Waals surface area contributed by atoms with Gasteiger partial charge >= 0.3 is 11.9 Å². The molecule has 16 heavy (non-hydrogen) atoms. The van der Waals surface area contributed by atoms with Gasteiger partial charge in [0.05, 0.1) is 12.3 Å². The Bertz CT molecular complexity index is 343. The second kappa shape index (κ2) is 3.65. The number of hydrogen-bond acceptors (Lipinski definition) is 5. The van der Waals surface area contributed by atoms with E-state index in [1.807, 2.05) is 0 Å². The number of hydrogen-bond donors (Lipinski definition) is 1. The molecule has 0 amide bonds. The summed E-state index contributed by atoms with van der Waals surface area (Å²) in [6, 6.07) is 0. The van der Waals surface area contributed by atoms with Crippen molar-refractivity contribution in [2.24, 2.45) is 17.8 Å². The number of thiol groups is 1. The van der Waals surface area contributed by atoms with Crippen molar-refractivity contribution in [1.29, 1.82) is 0 Å². The third kappa shape index (κ3) is 1.37. The SMILES string of the molecule is O=C(CCS)OC1C2OC(=O)C3C[C@H]1CC32. The van der Waals surface area contributed by atoms with Crippen molar-refractivity contribution in [3.8, 4) is 0 Å². The van der Waals surface area contributed by atoms with Crippen LogP contribution in [0.15, 0.2) is 0 Å². The van der Waals surface area contributed by atoms with Crippen molar-refractivity contribution in [3.05, 3.63) is 0 Å². The Kier molecular flexibility index (Phi) is 2.38. The molecule has 2 aliphatic carbocycles. The van der Waals surface area contributed by atoms with Crippen LogP contribution >= 0.6 is 12.6 Å². The molecule has 5 heteroatoms. The van der Waals surface area contributed by atoms with E-state index in [1.165, 1.54) is 0 Å². The summed E-state index contributed by atoms with van der Waals surface area (Å²) < 4.78 is 10.7. The zero-order valence-corrected chi connectivity index (χ0v) is 9.69. The van der Waals surface area contributed by atoms with Gasteiger partial charge in [-0.1, -0.05) is 0 Å².